The van der Waals surface area contributed by atoms with Crippen LogP contribution in [0.1, 0.15) is 21.5 Å². The molecule has 3 rings (SSSR count). The fraction of sp³-hybridized carbons (Fsp3) is 0.133. The van der Waals surface area contributed by atoms with Gasteiger partial charge in [-0.1, -0.05) is 12.1 Å². The molecule has 100 valence electrons. The standard InChI is InChI=1S/C15H12N2O2S/c1-8-3-4-9(2)13-12(8)10(15(18)19)7-11(17-13)14-16-5-6-20-14/h3-7H,1-2H3,(H,18,19). The Morgan fingerprint density at radius 1 is 1.25 bits per heavy atom. The predicted octanol–water partition coefficient (Wildman–Crippen LogP) is 3.67. The average molecular weight is 284 g/mol. The molecule has 0 bridgehead atoms. The van der Waals surface area contributed by atoms with Gasteiger partial charge in [-0.05, 0) is 31.0 Å². The van der Waals surface area contributed by atoms with Crippen LogP contribution in [-0.2, 0) is 0 Å². The third-order valence-electron chi connectivity index (χ3n) is 3.25. The lowest BCUT2D eigenvalue weighted by Gasteiger charge is -2.10. The number of hydrogen-bond acceptors (Lipinski definition) is 4. The summed E-state index contributed by atoms with van der Waals surface area (Å²) >= 11 is 1.45. The van der Waals surface area contributed by atoms with Crippen molar-refractivity contribution < 1.29 is 9.90 Å². The summed E-state index contributed by atoms with van der Waals surface area (Å²) < 4.78 is 0. The molecule has 0 aliphatic carbocycles. The van der Waals surface area contributed by atoms with Crippen LogP contribution in [0, 0.1) is 13.8 Å². The number of carboxylic acid groups (broad SMARTS) is 1. The molecule has 0 spiro atoms. The molecule has 0 aliphatic heterocycles. The van der Waals surface area contributed by atoms with Crippen LogP contribution in [0.4, 0.5) is 0 Å². The van der Waals surface area contributed by atoms with Gasteiger partial charge in [0.05, 0.1) is 11.1 Å². The number of rotatable bonds is 2. The molecule has 0 unspecified atom stereocenters. The van der Waals surface area contributed by atoms with E-state index in [0.717, 1.165) is 21.7 Å². The minimum Gasteiger partial charge on any atom is -0.478 e. The predicted molar refractivity (Wildman–Crippen MR) is 79.3 cm³/mol. The molecule has 2 aromatic heterocycles. The fourth-order valence-corrected chi connectivity index (χ4v) is 2.87. The van der Waals surface area contributed by atoms with E-state index in [1.54, 1.807) is 12.3 Å². The number of benzene rings is 1. The molecule has 3 aromatic rings. The number of fused-ring (bicyclic) bond motifs is 1. The Bertz CT molecular complexity index is 810. The molecule has 4 nitrogen and oxygen atoms in total. The van der Waals surface area contributed by atoms with Crippen molar-refractivity contribution in [2.75, 3.05) is 0 Å². The minimum atomic E-state index is -0.941. The van der Waals surface area contributed by atoms with Crippen molar-refractivity contribution in [3.63, 3.8) is 0 Å². The molecule has 20 heavy (non-hydrogen) atoms. The highest BCUT2D eigenvalue weighted by Gasteiger charge is 2.16. The molecule has 0 amide bonds. The Balaban J connectivity index is 2.43. The van der Waals surface area contributed by atoms with E-state index in [1.165, 1.54) is 11.3 Å². The SMILES string of the molecule is Cc1ccc(C)c2c(C(=O)O)cc(-c3nccs3)nc12. The zero-order valence-corrected chi connectivity index (χ0v) is 11.9. The molecule has 0 saturated carbocycles. The molecular weight excluding hydrogens is 272 g/mol. The zero-order chi connectivity index (χ0) is 14.3. The third-order valence-corrected chi connectivity index (χ3v) is 4.05. The van der Waals surface area contributed by atoms with Crippen molar-refractivity contribution in [3.05, 3.63) is 46.5 Å². The maximum atomic E-state index is 11.6. The normalized spacial score (nSPS) is 10.9. The number of carbonyl (C=O) groups is 1. The molecular formula is C15H12N2O2S. The first-order valence-corrected chi connectivity index (χ1v) is 7.00. The van der Waals surface area contributed by atoms with Crippen molar-refractivity contribution in [3.8, 4) is 10.7 Å². The molecule has 0 radical (unpaired) electrons. The van der Waals surface area contributed by atoms with Gasteiger partial charge in [0.1, 0.15) is 10.7 Å². The second-order valence-corrected chi connectivity index (χ2v) is 5.51. The van der Waals surface area contributed by atoms with Crippen molar-refractivity contribution in [2.45, 2.75) is 13.8 Å². The fourth-order valence-electron chi connectivity index (χ4n) is 2.27. The highest BCUT2D eigenvalue weighted by Crippen LogP contribution is 2.29. The number of hydrogen-bond donors (Lipinski definition) is 1. The first kappa shape index (κ1) is 12.7. The second kappa shape index (κ2) is 4.68. The zero-order valence-electron chi connectivity index (χ0n) is 11.0. The van der Waals surface area contributed by atoms with E-state index >= 15 is 0 Å². The van der Waals surface area contributed by atoms with Crippen LogP contribution in [0.3, 0.4) is 0 Å². The molecule has 0 saturated heterocycles. The van der Waals surface area contributed by atoms with Gasteiger partial charge in [-0.2, -0.15) is 0 Å². The Kier molecular flexibility index (Phi) is 2.99. The highest BCUT2D eigenvalue weighted by atomic mass is 32.1. The van der Waals surface area contributed by atoms with Gasteiger partial charge in [0.25, 0.3) is 0 Å². The van der Waals surface area contributed by atoms with Gasteiger partial charge in [-0.25, -0.2) is 14.8 Å². The van der Waals surface area contributed by atoms with Crippen molar-refractivity contribution in [2.24, 2.45) is 0 Å². The molecule has 1 N–H and O–H groups in total. The van der Waals surface area contributed by atoms with E-state index in [9.17, 15) is 9.90 Å². The number of pyridine rings is 1. The maximum Gasteiger partial charge on any atom is 0.336 e. The number of aromatic carboxylic acids is 1. The summed E-state index contributed by atoms with van der Waals surface area (Å²) in [6.45, 7) is 3.84. The topological polar surface area (TPSA) is 63.1 Å². The van der Waals surface area contributed by atoms with Gasteiger partial charge in [-0.3, -0.25) is 0 Å². The van der Waals surface area contributed by atoms with Crippen molar-refractivity contribution in [1.82, 2.24) is 9.97 Å². The summed E-state index contributed by atoms with van der Waals surface area (Å²) in [7, 11) is 0. The van der Waals surface area contributed by atoms with E-state index in [2.05, 4.69) is 9.97 Å². The van der Waals surface area contributed by atoms with E-state index < -0.39 is 5.97 Å². The second-order valence-electron chi connectivity index (χ2n) is 4.62. The van der Waals surface area contributed by atoms with Crippen LogP contribution < -0.4 is 0 Å². The Hall–Kier alpha value is -2.27. The summed E-state index contributed by atoms with van der Waals surface area (Å²) in [6, 6.07) is 5.49. The number of nitrogens with zero attached hydrogens (tertiary/aromatic N) is 2. The van der Waals surface area contributed by atoms with Crippen LogP contribution in [0.25, 0.3) is 21.6 Å². The first-order valence-electron chi connectivity index (χ1n) is 6.12. The minimum absolute atomic E-state index is 0.279. The Morgan fingerprint density at radius 2 is 2.00 bits per heavy atom. The molecule has 0 aliphatic rings. The van der Waals surface area contributed by atoms with Gasteiger partial charge in [0.15, 0.2) is 0 Å². The molecule has 0 fully saturated rings. The lowest BCUT2D eigenvalue weighted by Crippen LogP contribution is -2.02. The van der Waals surface area contributed by atoms with Crippen LogP contribution in [0.15, 0.2) is 29.8 Å². The Morgan fingerprint density at radius 3 is 2.65 bits per heavy atom. The largest absolute Gasteiger partial charge is 0.478 e. The molecule has 2 heterocycles. The molecule has 5 heteroatoms. The molecule has 1 aromatic carbocycles. The van der Waals surface area contributed by atoms with Crippen LogP contribution in [0.5, 0.6) is 0 Å². The summed E-state index contributed by atoms with van der Waals surface area (Å²) in [5.41, 5.74) is 3.50. The van der Waals surface area contributed by atoms with E-state index in [0.29, 0.717) is 11.1 Å². The van der Waals surface area contributed by atoms with Crippen LogP contribution in [0.2, 0.25) is 0 Å². The summed E-state index contributed by atoms with van der Waals surface area (Å²) in [5, 5.41) is 12.8. The average Bonchev–Trinajstić information content (AvgIpc) is 2.96. The monoisotopic (exact) mass is 284 g/mol. The highest BCUT2D eigenvalue weighted by molar-refractivity contribution is 7.13. The summed E-state index contributed by atoms with van der Waals surface area (Å²) in [4.78, 5) is 20.4. The van der Waals surface area contributed by atoms with Gasteiger partial charge in [-0.15, -0.1) is 11.3 Å². The smallest absolute Gasteiger partial charge is 0.336 e. The lowest BCUT2D eigenvalue weighted by molar-refractivity contribution is 0.0699. The van der Waals surface area contributed by atoms with Gasteiger partial charge < -0.3 is 5.11 Å². The number of carboxylic acids is 1. The van der Waals surface area contributed by atoms with Gasteiger partial charge >= 0.3 is 5.97 Å². The van der Waals surface area contributed by atoms with Gasteiger partial charge in [0.2, 0.25) is 0 Å². The first-order chi connectivity index (χ1) is 9.58. The molecule has 0 atom stereocenters. The Labute approximate surface area is 119 Å². The summed E-state index contributed by atoms with van der Waals surface area (Å²) in [5.74, 6) is -0.941. The van der Waals surface area contributed by atoms with Crippen molar-refractivity contribution >= 4 is 28.2 Å². The number of aryl methyl sites for hydroxylation is 2. The van der Waals surface area contributed by atoms with Gasteiger partial charge in [0, 0.05) is 17.0 Å². The van der Waals surface area contributed by atoms with Crippen LogP contribution >= 0.6 is 11.3 Å². The van der Waals surface area contributed by atoms with E-state index in [4.69, 9.17) is 0 Å². The summed E-state index contributed by atoms with van der Waals surface area (Å²) in [6.07, 6.45) is 1.69. The third kappa shape index (κ3) is 1.96. The van der Waals surface area contributed by atoms with E-state index in [-0.39, 0.29) is 5.56 Å². The lowest BCUT2D eigenvalue weighted by atomic mass is 10.00. The van der Waals surface area contributed by atoms with Crippen molar-refractivity contribution in [1.29, 1.82) is 0 Å². The maximum absolute atomic E-state index is 11.6. The number of aromatic nitrogens is 2. The quantitative estimate of drug-likeness (QED) is 0.779. The number of thiazole rings is 1. The van der Waals surface area contributed by atoms with Crippen LogP contribution in [-0.4, -0.2) is 21.0 Å². The van der Waals surface area contributed by atoms with E-state index in [1.807, 2.05) is 31.4 Å².